The number of amides is 3. The van der Waals surface area contributed by atoms with Gasteiger partial charge in [-0.25, -0.2) is 4.79 Å². The van der Waals surface area contributed by atoms with E-state index in [-0.39, 0.29) is 12.5 Å². The predicted molar refractivity (Wildman–Crippen MR) is 102 cm³/mol. The van der Waals surface area contributed by atoms with Crippen molar-refractivity contribution in [3.05, 3.63) is 82.9 Å². The number of carbonyl (C=O) groups excluding carboxylic acids is 2. The van der Waals surface area contributed by atoms with Gasteiger partial charge in [0.15, 0.2) is 0 Å². The number of urea groups is 1. The number of imide groups is 1. The van der Waals surface area contributed by atoms with Gasteiger partial charge in [0.1, 0.15) is 5.54 Å². The molecular weight excluding hydrogens is 348 g/mol. The van der Waals surface area contributed by atoms with E-state index < -0.39 is 11.6 Å². The van der Waals surface area contributed by atoms with Gasteiger partial charge in [0.05, 0.1) is 6.54 Å². The SMILES string of the molecule is CC1(c2cccc3ccccc23)NC(=O)N(Cc2ccccc2Cl)C1=O. The zero-order chi connectivity index (χ0) is 18.3. The molecular formula is C21H17ClN2O2. The Hall–Kier alpha value is -2.85. The van der Waals surface area contributed by atoms with E-state index in [1.54, 1.807) is 13.0 Å². The van der Waals surface area contributed by atoms with Crippen LogP contribution in [0.15, 0.2) is 66.7 Å². The first-order valence-electron chi connectivity index (χ1n) is 8.36. The number of rotatable bonds is 3. The highest BCUT2D eigenvalue weighted by Crippen LogP contribution is 2.34. The van der Waals surface area contributed by atoms with Gasteiger partial charge in [-0.05, 0) is 34.9 Å². The molecule has 1 aliphatic rings. The number of carbonyl (C=O) groups is 2. The number of hydrogen-bond donors (Lipinski definition) is 1. The molecule has 0 bridgehead atoms. The summed E-state index contributed by atoms with van der Waals surface area (Å²) >= 11 is 6.19. The highest BCUT2D eigenvalue weighted by Gasteiger charge is 2.49. The number of nitrogens with one attached hydrogen (secondary N) is 1. The smallest absolute Gasteiger partial charge is 0.319 e. The van der Waals surface area contributed by atoms with Crippen LogP contribution in [-0.2, 0) is 16.9 Å². The van der Waals surface area contributed by atoms with Gasteiger partial charge in [0.25, 0.3) is 5.91 Å². The molecule has 3 amide bonds. The molecule has 3 aromatic carbocycles. The molecule has 0 saturated carbocycles. The molecule has 4 rings (SSSR count). The molecule has 0 aliphatic carbocycles. The third kappa shape index (κ3) is 2.54. The Balaban J connectivity index is 1.75. The van der Waals surface area contributed by atoms with Gasteiger partial charge in [-0.2, -0.15) is 0 Å². The first kappa shape index (κ1) is 16.6. The molecule has 0 aromatic heterocycles. The van der Waals surface area contributed by atoms with Crippen LogP contribution in [0.3, 0.4) is 0 Å². The fourth-order valence-electron chi connectivity index (χ4n) is 3.48. The van der Waals surface area contributed by atoms with Crippen LogP contribution in [-0.4, -0.2) is 16.8 Å². The number of halogens is 1. The van der Waals surface area contributed by atoms with Crippen LogP contribution >= 0.6 is 11.6 Å². The standard InChI is InChI=1S/C21H17ClN2O2/c1-21(17-11-6-9-14-7-2-4-10-16(14)17)19(25)24(20(26)23-21)13-15-8-3-5-12-18(15)22/h2-12H,13H2,1H3,(H,23,26). The third-order valence-electron chi connectivity index (χ3n) is 4.89. The van der Waals surface area contributed by atoms with Crippen LogP contribution in [0.4, 0.5) is 4.79 Å². The Morgan fingerprint density at radius 3 is 2.46 bits per heavy atom. The minimum Gasteiger partial charge on any atom is -0.319 e. The summed E-state index contributed by atoms with van der Waals surface area (Å²) in [5, 5.41) is 5.38. The van der Waals surface area contributed by atoms with Crippen molar-refractivity contribution < 1.29 is 9.59 Å². The van der Waals surface area contributed by atoms with E-state index in [0.717, 1.165) is 21.9 Å². The molecule has 0 spiro atoms. The number of benzene rings is 3. The molecule has 26 heavy (non-hydrogen) atoms. The van der Waals surface area contributed by atoms with Gasteiger partial charge < -0.3 is 5.32 Å². The Labute approximate surface area is 156 Å². The van der Waals surface area contributed by atoms with Gasteiger partial charge in [-0.3, -0.25) is 9.69 Å². The number of nitrogens with zero attached hydrogens (tertiary/aromatic N) is 1. The summed E-state index contributed by atoms with van der Waals surface area (Å²) in [6.45, 7) is 1.90. The minimum absolute atomic E-state index is 0.144. The molecule has 1 aliphatic heterocycles. The van der Waals surface area contributed by atoms with E-state index in [4.69, 9.17) is 11.6 Å². The molecule has 4 nitrogen and oxygen atoms in total. The summed E-state index contributed by atoms with van der Waals surface area (Å²) in [5.41, 5.74) is 0.412. The van der Waals surface area contributed by atoms with E-state index in [0.29, 0.717) is 5.02 Å². The molecule has 1 atom stereocenters. The molecule has 130 valence electrons. The second-order valence-corrected chi connectivity index (χ2v) is 6.97. The Kier molecular flexibility index (Phi) is 3.93. The highest BCUT2D eigenvalue weighted by atomic mass is 35.5. The van der Waals surface area contributed by atoms with Gasteiger partial charge >= 0.3 is 6.03 Å². The normalized spacial score (nSPS) is 19.8. The summed E-state index contributed by atoms with van der Waals surface area (Å²) in [4.78, 5) is 27.0. The van der Waals surface area contributed by atoms with Crippen molar-refractivity contribution in [2.45, 2.75) is 19.0 Å². The summed E-state index contributed by atoms with van der Waals surface area (Å²) in [7, 11) is 0. The first-order chi connectivity index (χ1) is 12.5. The lowest BCUT2D eigenvalue weighted by atomic mass is 9.88. The lowest BCUT2D eigenvalue weighted by Gasteiger charge is -2.24. The lowest BCUT2D eigenvalue weighted by molar-refractivity contribution is -0.131. The fraction of sp³-hybridized carbons (Fsp3) is 0.143. The van der Waals surface area contributed by atoms with Gasteiger partial charge in [0.2, 0.25) is 0 Å². The summed E-state index contributed by atoms with van der Waals surface area (Å²) in [6.07, 6.45) is 0. The quantitative estimate of drug-likeness (QED) is 0.697. The van der Waals surface area contributed by atoms with Crippen LogP contribution in [0.5, 0.6) is 0 Å². The maximum Gasteiger partial charge on any atom is 0.325 e. The van der Waals surface area contributed by atoms with E-state index in [1.807, 2.05) is 60.7 Å². The molecule has 1 heterocycles. The maximum absolute atomic E-state index is 13.2. The molecule has 1 saturated heterocycles. The third-order valence-corrected chi connectivity index (χ3v) is 5.26. The zero-order valence-corrected chi connectivity index (χ0v) is 15.0. The Morgan fingerprint density at radius 2 is 1.65 bits per heavy atom. The summed E-state index contributed by atoms with van der Waals surface area (Å²) in [5.74, 6) is -0.279. The van der Waals surface area contributed by atoms with Gasteiger partial charge in [-0.15, -0.1) is 0 Å². The minimum atomic E-state index is -1.11. The van der Waals surface area contributed by atoms with Crippen molar-refractivity contribution in [1.29, 1.82) is 0 Å². The molecule has 1 N–H and O–H groups in total. The van der Waals surface area contributed by atoms with E-state index in [2.05, 4.69) is 5.32 Å². The van der Waals surface area contributed by atoms with Crippen LogP contribution in [0, 0.1) is 0 Å². The first-order valence-corrected chi connectivity index (χ1v) is 8.74. The predicted octanol–water partition coefficient (Wildman–Crippen LogP) is 4.46. The van der Waals surface area contributed by atoms with Crippen molar-refractivity contribution in [1.82, 2.24) is 10.2 Å². The van der Waals surface area contributed by atoms with E-state index >= 15 is 0 Å². The average molecular weight is 365 g/mol. The van der Waals surface area contributed by atoms with Gasteiger partial charge in [0, 0.05) is 5.02 Å². The van der Waals surface area contributed by atoms with Crippen LogP contribution in [0.2, 0.25) is 5.02 Å². The fourth-order valence-corrected chi connectivity index (χ4v) is 3.68. The van der Waals surface area contributed by atoms with Crippen LogP contribution < -0.4 is 5.32 Å². The van der Waals surface area contributed by atoms with Crippen molar-refractivity contribution in [2.24, 2.45) is 0 Å². The van der Waals surface area contributed by atoms with E-state index in [9.17, 15) is 9.59 Å². The van der Waals surface area contributed by atoms with Gasteiger partial charge in [-0.1, -0.05) is 72.3 Å². The van der Waals surface area contributed by atoms with Crippen LogP contribution in [0.1, 0.15) is 18.1 Å². The molecule has 1 unspecified atom stereocenters. The Bertz CT molecular complexity index is 1030. The second kappa shape index (κ2) is 6.15. The van der Waals surface area contributed by atoms with Crippen molar-refractivity contribution >= 4 is 34.3 Å². The zero-order valence-electron chi connectivity index (χ0n) is 14.2. The van der Waals surface area contributed by atoms with Crippen molar-refractivity contribution in [3.63, 3.8) is 0 Å². The second-order valence-electron chi connectivity index (χ2n) is 6.56. The molecule has 5 heteroatoms. The Morgan fingerprint density at radius 1 is 0.962 bits per heavy atom. The number of fused-ring (bicyclic) bond motifs is 1. The van der Waals surface area contributed by atoms with E-state index in [1.165, 1.54) is 4.90 Å². The maximum atomic E-state index is 13.2. The average Bonchev–Trinajstić information content (AvgIpc) is 2.87. The summed E-state index contributed by atoms with van der Waals surface area (Å²) < 4.78 is 0. The lowest BCUT2D eigenvalue weighted by Crippen LogP contribution is -2.41. The highest BCUT2D eigenvalue weighted by molar-refractivity contribution is 6.31. The molecule has 1 fully saturated rings. The van der Waals surface area contributed by atoms with Crippen molar-refractivity contribution in [2.75, 3.05) is 0 Å². The number of hydrogen-bond acceptors (Lipinski definition) is 2. The van der Waals surface area contributed by atoms with Crippen LogP contribution in [0.25, 0.3) is 10.8 Å². The molecule has 3 aromatic rings. The monoisotopic (exact) mass is 364 g/mol. The topological polar surface area (TPSA) is 49.4 Å². The molecule has 0 radical (unpaired) electrons. The van der Waals surface area contributed by atoms with Crippen molar-refractivity contribution in [3.8, 4) is 0 Å². The largest absolute Gasteiger partial charge is 0.325 e. The summed E-state index contributed by atoms with van der Waals surface area (Å²) in [6, 6.07) is 20.4.